The molecule has 2 amide bonds. The molecule has 0 aromatic heterocycles. The van der Waals surface area contributed by atoms with Crippen molar-refractivity contribution in [2.24, 2.45) is 0 Å². The molecular weight excluding hydrogens is 316 g/mol. The fraction of sp³-hybridized carbons (Fsp3) is 0.529. The molecule has 23 heavy (non-hydrogen) atoms. The van der Waals surface area contributed by atoms with E-state index in [1.54, 1.807) is 57.0 Å². The summed E-state index contributed by atoms with van der Waals surface area (Å²) >= 11 is 5.83. The minimum absolute atomic E-state index is 0.138. The van der Waals surface area contributed by atoms with Gasteiger partial charge in [0, 0.05) is 24.2 Å². The molecule has 5 nitrogen and oxygen atoms in total. The van der Waals surface area contributed by atoms with Crippen LogP contribution in [0.25, 0.3) is 0 Å². The number of likely N-dealkylation sites (N-methyl/N-ethyl adjacent to an activating group) is 1. The molecule has 0 spiro atoms. The van der Waals surface area contributed by atoms with Crippen LogP contribution in [0, 0.1) is 0 Å². The van der Waals surface area contributed by atoms with Gasteiger partial charge in [-0.2, -0.15) is 0 Å². The van der Waals surface area contributed by atoms with Crippen molar-refractivity contribution in [3.05, 3.63) is 34.9 Å². The van der Waals surface area contributed by atoms with Gasteiger partial charge in [-0.25, -0.2) is 4.79 Å². The van der Waals surface area contributed by atoms with Crippen LogP contribution in [0.4, 0.5) is 4.79 Å². The number of carbonyl (C=O) groups is 2. The zero-order chi connectivity index (χ0) is 17.8. The quantitative estimate of drug-likeness (QED) is 0.908. The van der Waals surface area contributed by atoms with E-state index in [2.05, 4.69) is 5.32 Å². The van der Waals surface area contributed by atoms with Crippen molar-refractivity contribution >= 4 is 23.6 Å². The Morgan fingerprint density at radius 2 is 1.65 bits per heavy atom. The first-order valence-corrected chi connectivity index (χ1v) is 7.80. The summed E-state index contributed by atoms with van der Waals surface area (Å²) in [5.41, 5.74) is -0.644. The zero-order valence-corrected chi connectivity index (χ0v) is 15.3. The van der Waals surface area contributed by atoms with Gasteiger partial charge in [0.05, 0.1) is 5.54 Å². The molecule has 1 aromatic rings. The Morgan fingerprint density at radius 1 is 1.13 bits per heavy atom. The Morgan fingerprint density at radius 3 is 2.13 bits per heavy atom. The Kier molecular flexibility index (Phi) is 6.05. The second kappa shape index (κ2) is 7.21. The van der Waals surface area contributed by atoms with Crippen molar-refractivity contribution in [1.29, 1.82) is 0 Å². The van der Waals surface area contributed by atoms with E-state index in [1.165, 1.54) is 0 Å². The highest BCUT2D eigenvalue weighted by Gasteiger charge is 2.27. The van der Waals surface area contributed by atoms with Gasteiger partial charge < -0.3 is 15.0 Å². The summed E-state index contributed by atoms with van der Waals surface area (Å²) in [5.74, 6) is -0.138. The Labute approximate surface area is 142 Å². The predicted molar refractivity (Wildman–Crippen MR) is 91.9 cm³/mol. The highest BCUT2D eigenvalue weighted by molar-refractivity contribution is 6.30. The van der Waals surface area contributed by atoms with Gasteiger partial charge in [-0.3, -0.25) is 4.79 Å². The molecule has 0 radical (unpaired) electrons. The standard InChI is InChI=1S/C17H25ClN2O3/c1-16(2,3)23-15(22)19-17(4,5)11-20(6)14(21)12-7-9-13(18)10-8-12/h7-10H,11H2,1-6H3,(H,19,22). The number of alkyl carbamates (subject to hydrolysis) is 1. The van der Waals surface area contributed by atoms with E-state index < -0.39 is 17.2 Å². The second-order valence-corrected chi connectivity index (χ2v) is 7.62. The lowest BCUT2D eigenvalue weighted by atomic mass is 10.0. The number of carbonyl (C=O) groups excluding carboxylic acids is 2. The highest BCUT2D eigenvalue weighted by atomic mass is 35.5. The summed E-state index contributed by atoms with van der Waals surface area (Å²) in [6, 6.07) is 6.70. The normalized spacial score (nSPS) is 11.8. The van der Waals surface area contributed by atoms with Crippen LogP contribution in [0.5, 0.6) is 0 Å². The molecule has 1 aromatic carbocycles. The molecule has 0 unspecified atom stereocenters. The molecule has 0 saturated heterocycles. The van der Waals surface area contributed by atoms with Crippen molar-refractivity contribution in [3.63, 3.8) is 0 Å². The number of rotatable bonds is 4. The molecule has 0 heterocycles. The van der Waals surface area contributed by atoms with E-state index in [0.29, 0.717) is 17.1 Å². The lowest BCUT2D eigenvalue weighted by molar-refractivity contribution is 0.0441. The monoisotopic (exact) mass is 340 g/mol. The number of nitrogens with zero attached hydrogens (tertiary/aromatic N) is 1. The van der Waals surface area contributed by atoms with Gasteiger partial charge in [-0.05, 0) is 58.9 Å². The molecule has 0 aliphatic rings. The topological polar surface area (TPSA) is 58.6 Å². The Hall–Kier alpha value is -1.75. The summed E-state index contributed by atoms with van der Waals surface area (Å²) < 4.78 is 5.25. The fourth-order valence-corrected chi connectivity index (χ4v) is 2.22. The van der Waals surface area contributed by atoms with Gasteiger partial charge in [0.25, 0.3) is 5.91 Å². The van der Waals surface area contributed by atoms with Crippen LogP contribution < -0.4 is 5.32 Å². The molecule has 128 valence electrons. The predicted octanol–water partition coefficient (Wildman–Crippen LogP) is 3.72. The highest BCUT2D eigenvalue weighted by Crippen LogP contribution is 2.14. The minimum Gasteiger partial charge on any atom is -0.444 e. The molecule has 1 rings (SSSR count). The molecule has 1 N–H and O–H groups in total. The van der Waals surface area contributed by atoms with Gasteiger partial charge in [0.15, 0.2) is 0 Å². The SMILES string of the molecule is CN(CC(C)(C)NC(=O)OC(C)(C)C)C(=O)c1ccc(Cl)cc1. The summed E-state index contributed by atoms with van der Waals surface area (Å²) in [5, 5.41) is 3.36. The Bertz CT molecular complexity index is 562. The summed E-state index contributed by atoms with van der Waals surface area (Å²) in [7, 11) is 1.69. The smallest absolute Gasteiger partial charge is 0.408 e. The molecule has 0 aliphatic heterocycles. The van der Waals surface area contributed by atoms with Crippen LogP contribution in [0.1, 0.15) is 45.0 Å². The van der Waals surface area contributed by atoms with Gasteiger partial charge in [0.2, 0.25) is 0 Å². The summed E-state index contributed by atoms with van der Waals surface area (Å²) in [6.45, 7) is 9.42. The molecular formula is C17H25ClN2O3. The number of nitrogens with one attached hydrogen (secondary N) is 1. The van der Waals surface area contributed by atoms with E-state index in [4.69, 9.17) is 16.3 Å². The number of halogens is 1. The largest absolute Gasteiger partial charge is 0.444 e. The average Bonchev–Trinajstić information content (AvgIpc) is 2.34. The maximum Gasteiger partial charge on any atom is 0.408 e. The first-order valence-electron chi connectivity index (χ1n) is 7.42. The summed E-state index contributed by atoms with van der Waals surface area (Å²) in [4.78, 5) is 25.8. The van der Waals surface area contributed by atoms with E-state index in [0.717, 1.165) is 0 Å². The van der Waals surface area contributed by atoms with Crippen LogP contribution >= 0.6 is 11.6 Å². The van der Waals surface area contributed by atoms with Crippen LogP contribution in [0.15, 0.2) is 24.3 Å². The van der Waals surface area contributed by atoms with Crippen molar-refractivity contribution in [2.45, 2.75) is 45.8 Å². The van der Waals surface area contributed by atoms with Crippen molar-refractivity contribution in [3.8, 4) is 0 Å². The van der Waals surface area contributed by atoms with Crippen LogP contribution in [-0.2, 0) is 4.74 Å². The lowest BCUT2D eigenvalue weighted by Gasteiger charge is -2.32. The fourth-order valence-electron chi connectivity index (χ4n) is 2.10. The second-order valence-electron chi connectivity index (χ2n) is 7.18. The zero-order valence-electron chi connectivity index (χ0n) is 14.6. The third-order valence-electron chi connectivity index (χ3n) is 2.91. The molecule has 0 saturated carbocycles. The molecule has 0 fully saturated rings. The lowest BCUT2D eigenvalue weighted by Crippen LogP contribution is -2.52. The Balaban J connectivity index is 2.67. The molecule has 0 aliphatic carbocycles. The maximum atomic E-state index is 12.4. The minimum atomic E-state index is -0.626. The van der Waals surface area contributed by atoms with Crippen molar-refractivity contribution in [1.82, 2.24) is 10.2 Å². The van der Waals surface area contributed by atoms with Gasteiger partial charge in [-0.1, -0.05) is 11.6 Å². The number of hydrogen-bond acceptors (Lipinski definition) is 3. The van der Waals surface area contributed by atoms with Crippen molar-refractivity contribution < 1.29 is 14.3 Å². The van der Waals surface area contributed by atoms with E-state index >= 15 is 0 Å². The first-order chi connectivity index (χ1) is 10.4. The maximum absolute atomic E-state index is 12.4. The third kappa shape index (κ3) is 6.91. The van der Waals surface area contributed by atoms with Crippen molar-refractivity contribution in [2.75, 3.05) is 13.6 Å². The van der Waals surface area contributed by atoms with Gasteiger partial charge >= 0.3 is 6.09 Å². The third-order valence-corrected chi connectivity index (χ3v) is 3.16. The van der Waals surface area contributed by atoms with Crippen LogP contribution in [0.3, 0.4) is 0 Å². The first kappa shape index (κ1) is 19.3. The summed E-state index contributed by atoms with van der Waals surface area (Å²) in [6.07, 6.45) is -0.505. The van der Waals surface area contributed by atoms with E-state index in [9.17, 15) is 9.59 Å². The van der Waals surface area contributed by atoms with Crippen LogP contribution in [0.2, 0.25) is 5.02 Å². The van der Waals surface area contributed by atoms with Gasteiger partial charge in [0.1, 0.15) is 5.60 Å². The number of ether oxygens (including phenoxy) is 1. The number of benzene rings is 1. The average molecular weight is 341 g/mol. The molecule has 6 heteroatoms. The van der Waals surface area contributed by atoms with E-state index in [-0.39, 0.29) is 5.91 Å². The molecule has 0 bridgehead atoms. The number of hydrogen-bond donors (Lipinski definition) is 1. The van der Waals surface area contributed by atoms with Crippen LogP contribution in [-0.4, -0.2) is 41.6 Å². The molecule has 0 atom stereocenters. The van der Waals surface area contributed by atoms with Gasteiger partial charge in [-0.15, -0.1) is 0 Å². The van der Waals surface area contributed by atoms with E-state index in [1.807, 2.05) is 13.8 Å². The number of amides is 2.